The highest BCUT2D eigenvalue weighted by Crippen LogP contribution is 2.21. The van der Waals surface area contributed by atoms with E-state index in [2.05, 4.69) is 10.6 Å². The SMILES string of the molecule is COCCC(C)(O)CNC1CCc2ccccc2NC1=O. The lowest BCUT2D eigenvalue weighted by molar-refractivity contribution is -0.118. The number of methoxy groups -OCH3 is 1. The molecule has 5 nitrogen and oxygen atoms in total. The summed E-state index contributed by atoms with van der Waals surface area (Å²) in [6.07, 6.45) is 2.10. The molecule has 1 aromatic carbocycles. The number of carbonyl (C=O) groups is 1. The van der Waals surface area contributed by atoms with E-state index in [1.165, 1.54) is 0 Å². The molecule has 0 bridgehead atoms. The van der Waals surface area contributed by atoms with E-state index in [1.807, 2.05) is 24.3 Å². The molecule has 3 N–H and O–H groups in total. The van der Waals surface area contributed by atoms with Crippen LogP contribution in [0, 0.1) is 0 Å². The second kappa shape index (κ2) is 7.02. The van der Waals surface area contributed by atoms with Gasteiger partial charge in [0.25, 0.3) is 0 Å². The van der Waals surface area contributed by atoms with Crippen LogP contribution in [0.3, 0.4) is 0 Å². The highest BCUT2D eigenvalue weighted by atomic mass is 16.5. The molecule has 0 saturated heterocycles. The predicted octanol–water partition coefficient (Wildman–Crippen LogP) is 1.32. The van der Waals surface area contributed by atoms with Crippen LogP contribution in [0.25, 0.3) is 0 Å². The molecule has 2 rings (SSSR count). The molecule has 2 unspecified atom stereocenters. The van der Waals surface area contributed by atoms with Crippen LogP contribution >= 0.6 is 0 Å². The quantitative estimate of drug-likeness (QED) is 0.739. The fourth-order valence-corrected chi connectivity index (χ4v) is 2.46. The molecule has 0 radical (unpaired) electrons. The fraction of sp³-hybridized carbons (Fsp3) is 0.562. The number of aliphatic hydroxyl groups is 1. The third kappa shape index (κ3) is 4.52. The van der Waals surface area contributed by atoms with Crippen molar-refractivity contribution in [3.8, 4) is 0 Å². The average Bonchev–Trinajstić information content (AvgIpc) is 2.62. The topological polar surface area (TPSA) is 70.6 Å². The van der Waals surface area contributed by atoms with Crippen LogP contribution in [-0.2, 0) is 16.0 Å². The zero-order valence-electron chi connectivity index (χ0n) is 12.7. The maximum atomic E-state index is 12.2. The first-order valence-electron chi connectivity index (χ1n) is 7.35. The molecule has 0 fully saturated rings. The lowest BCUT2D eigenvalue weighted by Crippen LogP contribution is -2.47. The Bertz CT molecular complexity index is 488. The lowest BCUT2D eigenvalue weighted by Gasteiger charge is -2.26. The molecule has 5 heteroatoms. The molecule has 1 heterocycles. The predicted molar refractivity (Wildman–Crippen MR) is 82.3 cm³/mol. The number of amides is 1. The number of hydrogen-bond donors (Lipinski definition) is 3. The summed E-state index contributed by atoms with van der Waals surface area (Å²) in [5.74, 6) is -0.0394. The normalized spacial score (nSPS) is 21.1. The summed E-state index contributed by atoms with van der Waals surface area (Å²) >= 11 is 0. The maximum absolute atomic E-state index is 12.2. The molecule has 0 saturated carbocycles. The molecule has 21 heavy (non-hydrogen) atoms. The van der Waals surface area contributed by atoms with Crippen LogP contribution in [0.15, 0.2) is 24.3 Å². The number of carbonyl (C=O) groups excluding carboxylic acids is 1. The number of nitrogens with one attached hydrogen (secondary N) is 2. The Labute approximate surface area is 125 Å². The first-order valence-corrected chi connectivity index (χ1v) is 7.35. The van der Waals surface area contributed by atoms with Crippen LogP contribution < -0.4 is 10.6 Å². The number of ether oxygens (including phenoxy) is 1. The number of anilines is 1. The van der Waals surface area contributed by atoms with Crippen LogP contribution in [0.4, 0.5) is 5.69 Å². The van der Waals surface area contributed by atoms with E-state index in [0.29, 0.717) is 19.6 Å². The summed E-state index contributed by atoms with van der Waals surface area (Å²) in [7, 11) is 1.61. The van der Waals surface area contributed by atoms with Gasteiger partial charge >= 0.3 is 0 Å². The molecule has 1 aliphatic heterocycles. The van der Waals surface area contributed by atoms with Crippen molar-refractivity contribution in [2.24, 2.45) is 0 Å². The van der Waals surface area contributed by atoms with Gasteiger partial charge in [-0.25, -0.2) is 0 Å². The molecular weight excluding hydrogens is 268 g/mol. The molecular formula is C16H24N2O3. The second-order valence-electron chi connectivity index (χ2n) is 5.86. The third-order valence-corrected chi connectivity index (χ3v) is 3.87. The first kappa shape index (κ1) is 15.9. The molecule has 0 aromatic heterocycles. The number of aryl methyl sites for hydroxylation is 1. The smallest absolute Gasteiger partial charge is 0.241 e. The van der Waals surface area contributed by atoms with Crippen LogP contribution in [0.1, 0.15) is 25.3 Å². The van der Waals surface area contributed by atoms with Crippen molar-refractivity contribution in [3.63, 3.8) is 0 Å². The van der Waals surface area contributed by atoms with Gasteiger partial charge in [0.2, 0.25) is 5.91 Å². The summed E-state index contributed by atoms with van der Waals surface area (Å²) in [6, 6.07) is 7.57. The standard InChI is InChI=1S/C16H24N2O3/c1-16(20,9-10-21-2)11-17-14-8-7-12-5-3-4-6-13(12)18-15(14)19/h3-6,14,17,20H,7-11H2,1-2H3,(H,18,19). The third-order valence-electron chi connectivity index (χ3n) is 3.87. The summed E-state index contributed by atoms with van der Waals surface area (Å²) in [5.41, 5.74) is 1.16. The first-order chi connectivity index (χ1) is 10.0. The van der Waals surface area contributed by atoms with E-state index in [0.717, 1.165) is 24.1 Å². The number of fused-ring (bicyclic) bond motifs is 1. The summed E-state index contributed by atoms with van der Waals surface area (Å²) in [6.45, 7) is 2.62. The number of rotatable bonds is 6. The van der Waals surface area contributed by atoms with Crippen molar-refractivity contribution in [2.75, 3.05) is 25.6 Å². The molecule has 0 aliphatic carbocycles. The minimum atomic E-state index is -0.880. The Morgan fingerprint density at radius 2 is 2.24 bits per heavy atom. The molecule has 116 valence electrons. The van der Waals surface area contributed by atoms with Gasteiger partial charge in [-0.3, -0.25) is 4.79 Å². The van der Waals surface area contributed by atoms with E-state index in [-0.39, 0.29) is 11.9 Å². The fourth-order valence-electron chi connectivity index (χ4n) is 2.46. The minimum absolute atomic E-state index is 0.0394. The maximum Gasteiger partial charge on any atom is 0.241 e. The molecule has 2 atom stereocenters. The van der Waals surface area contributed by atoms with Crippen LogP contribution in [0.5, 0.6) is 0 Å². The average molecular weight is 292 g/mol. The van der Waals surface area contributed by atoms with Gasteiger partial charge in [-0.1, -0.05) is 18.2 Å². The minimum Gasteiger partial charge on any atom is -0.389 e. The van der Waals surface area contributed by atoms with Gasteiger partial charge in [0.15, 0.2) is 0 Å². The Morgan fingerprint density at radius 3 is 3.00 bits per heavy atom. The molecule has 1 amide bonds. The van der Waals surface area contributed by atoms with Gasteiger partial charge in [-0.15, -0.1) is 0 Å². The van der Waals surface area contributed by atoms with Crippen molar-refractivity contribution >= 4 is 11.6 Å². The van der Waals surface area contributed by atoms with Gasteiger partial charge in [0.05, 0.1) is 11.6 Å². The van der Waals surface area contributed by atoms with Gasteiger partial charge in [0.1, 0.15) is 0 Å². The zero-order valence-corrected chi connectivity index (χ0v) is 12.7. The van der Waals surface area contributed by atoms with Gasteiger partial charge < -0.3 is 20.5 Å². The van der Waals surface area contributed by atoms with Crippen molar-refractivity contribution < 1.29 is 14.6 Å². The number of benzene rings is 1. The Kier molecular flexibility index (Phi) is 5.33. The highest BCUT2D eigenvalue weighted by Gasteiger charge is 2.26. The Balaban J connectivity index is 1.92. The monoisotopic (exact) mass is 292 g/mol. The van der Waals surface area contributed by atoms with Crippen LogP contribution in [-0.4, -0.2) is 42.9 Å². The zero-order chi connectivity index (χ0) is 15.3. The van der Waals surface area contributed by atoms with Crippen LogP contribution in [0.2, 0.25) is 0 Å². The lowest BCUT2D eigenvalue weighted by atomic mass is 10.0. The molecule has 0 spiro atoms. The van der Waals surface area contributed by atoms with Crippen molar-refractivity contribution in [2.45, 2.75) is 37.8 Å². The number of para-hydroxylation sites is 1. The van der Waals surface area contributed by atoms with E-state index in [4.69, 9.17) is 4.74 Å². The van der Waals surface area contributed by atoms with Crippen molar-refractivity contribution in [1.82, 2.24) is 5.32 Å². The number of hydrogen-bond acceptors (Lipinski definition) is 4. The van der Waals surface area contributed by atoms with Gasteiger partial charge in [-0.2, -0.15) is 0 Å². The Morgan fingerprint density at radius 1 is 1.48 bits per heavy atom. The van der Waals surface area contributed by atoms with Gasteiger partial charge in [-0.05, 0) is 31.4 Å². The van der Waals surface area contributed by atoms with Gasteiger partial charge in [0, 0.05) is 32.4 Å². The largest absolute Gasteiger partial charge is 0.389 e. The van der Waals surface area contributed by atoms with E-state index in [9.17, 15) is 9.90 Å². The summed E-state index contributed by atoms with van der Waals surface area (Å²) < 4.78 is 4.99. The van der Waals surface area contributed by atoms with Crippen molar-refractivity contribution in [1.29, 1.82) is 0 Å². The van der Waals surface area contributed by atoms with E-state index in [1.54, 1.807) is 14.0 Å². The summed E-state index contributed by atoms with van der Waals surface area (Å²) in [5, 5.41) is 16.4. The second-order valence-corrected chi connectivity index (χ2v) is 5.86. The van der Waals surface area contributed by atoms with E-state index < -0.39 is 5.60 Å². The van der Waals surface area contributed by atoms with E-state index >= 15 is 0 Å². The Hall–Kier alpha value is -1.43. The molecule has 1 aliphatic rings. The highest BCUT2D eigenvalue weighted by molar-refractivity contribution is 5.96. The molecule has 1 aromatic rings. The van der Waals surface area contributed by atoms with Crippen molar-refractivity contribution in [3.05, 3.63) is 29.8 Å². The summed E-state index contributed by atoms with van der Waals surface area (Å²) in [4.78, 5) is 12.2.